The van der Waals surface area contributed by atoms with E-state index in [0.29, 0.717) is 42.2 Å². The summed E-state index contributed by atoms with van der Waals surface area (Å²) in [5.41, 5.74) is 1.05. The maximum Gasteiger partial charge on any atom is 1.00 e. The van der Waals surface area contributed by atoms with Crippen molar-refractivity contribution in [3.05, 3.63) is 107 Å². The Bertz CT molecular complexity index is 1690. The van der Waals surface area contributed by atoms with Crippen LogP contribution >= 0.6 is 31.3 Å². The molecular weight excluding hydrogens is 612 g/mol. The topological polar surface area (TPSA) is 77.1 Å². The van der Waals surface area contributed by atoms with Crippen LogP contribution in [0, 0.1) is 11.6 Å². The minimum atomic E-state index is -5.21. The molecule has 6 rings (SSSR count). The van der Waals surface area contributed by atoms with Gasteiger partial charge in [-0.25, -0.2) is 13.3 Å². The van der Waals surface area contributed by atoms with E-state index in [1.165, 1.54) is 62.0 Å². The van der Waals surface area contributed by atoms with Crippen molar-refractivity contribution in [3.8, 4) is 11.5 Å². The van der Waals surface area contributed by atoms with Crippen molar-refractivity contribution < 1.29 is 66.3 Å². The molecule has 0 saturated carbocycles. The average molecular weight is 633 g/mol. The van der Waals surface area contributed by atoms with E-state index in [1.807, 2.05) is 0 Å². The van der Waals surface area contributed by atoms with Gasteiger partial charge in [0.15, 0.2) is 0 Å². The Morgan fingerprint density at radius 2 is 1.07 bits per heavy atom. The van der Waals surface area contributed by atoms with E-state index in [1.54, 1.807) is 60.7 Å². The largest absolute Gasteiger partial charge is 1.00 e. The predicted octanol–water partition coefficient (Wildman–Crippen LogP) is 5.11. The van der Waals surface area contributed by atoms with Crippen LogP contribution in [0.1, 0.15) is 22.3 Å². The second-order valence-electron chi connectivity index (χ2n) is 8.83. The van der Waals surface area contributed by atoms with Crippen molar-refractivity contribution in [2.24, 2.45) is 0 Å². The number of halogens is 2. The molecule has 0 atom stereocenters. The molecule has 0 aliphatic carbocycles. The molecule has 0 N–H and O–H groups in total. The molecule has 0 bridgehead atoms. The number of hydrogen-bond acceptors (Lipinski definition) is 8. The van der Waals surface area contributed by atoms with Gasteiger partial charge in [0, 0.05) is 32.0 Å². The fourth-order valence-corrected chi connectivity index (χ4v) is 7.64. The number of ether oxygens (including phenoxy) is 2. The number of methoxy groups -OCH3 is 2. The van der Waals surface area contributed by atoms with Crippen LogP contribution in [0.4, 0.5) is 8.78 Å². The van der Waals surface area contributed by atoms with Gasteiger partial charge >= 0.3 is 37.4 Å². The Kier molecular flexibility index (Phi) is 9.16. The zero-order valence-corrected chi connectivity index (χ0v) is 27.1. The van der Waals surface area contributed by atoms with E-state index < -0.39 is 19.5 Å². The molecule has 6 nitrogen and oxygen atoms in total. The summed E-state index contributed by atoms with van der Waals surface area (Å²) in [5, 5.41) is 0. The molecule has 4 aromatic carbocycles. The van der Waals surface area contributed by atoms with E-state index in [9.17, 15) is 18.2 Å². The molecule has 2 aliphatic rings. The molecule has 4 aromatic rings. The van der Waals surface area contributed by atoms with Gasteiger partial charge in [0.1, 0.15) is 34.7 Å². The zero-order chi connectivity index (χ0) is 28.7. The SMILES string of the molecule is COc1cccc2c1Sc1cccc(F)c1C=C2OP(=O)([O-])OC1=Cc2c(F)cccc2Sc2c(OC)cccc21.[Na+]. The molecule has 42 heavy (non-hydrogen) atoms. The van der Waals surface area contributed by atoms with Gasteiger partial charge in [0.05, 0.1) is 24.0 Å². The molecule has 0 aromatic heterocycles. The van der Waals surface area contributed by atoms with Gasteiger partial charge in [-0.2, -0.15) is 0 Å². The number of phosphoric ester groups is 1. The summed E-state index contributed by atoms with van der Waals surface area (Å²) in [5.74, 6) is -0.513. The number of hydrogen-bond donors (Lipinski definition) is 0. The Morgan fingerprint density at radius 1 is 0.667 bits per heavy atom. The molecule has 208 valence electrons. The summed E-state index contributed by atoms with van der Waals surface area (Å²) in [7, 11) is -2.24. The molecule has 0 spiro atoms. The van der Waals surface area contributed by atoms with Crippen molar-refractivity contribution >= 4 is 55.0 Å². The van der Waals surface area contributed by atoms with Gasteiger partial charge in [-0.3, -0.25) is 0 Å². The van der Waals surface area contributed by atoms with E-state index in [0.717, 1.165) is 0 Å². The van der Waals surface area contributed by atoms with Crippen molar-refractivity contribution in [1.29, 1.82) is 0 Å². The molecule has 2 heterocycles. The maximum absolute atomic E-state index is 14.9. The molecule has 0 unspecified atom stereocenters. The third kappa shape index (κ3) is 5.90. The van der Waals surface area contributed by atoms with Crippen LogP contribution in [-0.4, -0.2) is 14.2 Å². The summed E-state index contributed by atoms with van der Waals surface area (Å²) in [4.78, 5) is 15.7. The minimum Gasteiger partial charge on any atom is -0.736 e. The van der Waals surface area contributed by atoms with Crippen LogP contribution in [0.5, 0.6) is 11.5 Å². The first-order valence-corrected chi connectivity index (χ1v) is 15.3. The van der Waals surface area contributed by atoms with Crippen LogP contribution in [0.3, 0.4) is 0 Å². The van der Waals surface area contributed by atoms with E-state index in [2.05, 4.69) is 0 Å². The Morgan fingerprint density at radius 3 is 1.48 bits per heavy atom. The quantitative estimate of drug-likeness (QED) is 0.215. The zero-order valence-electron chi connectivity index (χ0n) is 22.6. The molecule has 0 fully saturated rings. The smallest absolute Gasteiger partial charge is 0.736 e. The monoisotopic (exact) mass is 632 g/mol. The average Bonchev–Trinajstić information content (AvgIpc) is 3.21. The summed E-state index contributed by atoms with van der Waals surface area (Å²) < 4.78 is 65.5. The Balaban J connectivity index is 0.00000353. The van der Waals surface area contributed by atoms with Gasteiger partial charge in [-0.1, -0.05) is 47.8 Å². The van der Waals surface area contributed by atoms with Gasteiger partial charge in [0.2, 0.25) is 0 Å². The third-order valence-corrected chi connectivity index (χ3v) is 9.59. The molecule has 0 radical (unpaired) electrons. The fourth-order valence-electron chi connectivity index (χ4n) is 4.49. The van der Waals surface area contributed by atoms with Crippen molar-refractivity contribution in [3.63, 3.8) is 0 Å². The van der Waals surface area contributed by atoms with E-state index in [4.69, 9.17) is 18.5 Å². The first-order chi connectivity index (χ1) is 19.8. The second kappa shape index (κ2) is 12.5. The van der Waals surface area contributed by atoms with Crippen LogP contribution in [0.15, 0.2) is 92.4 Å². The van der Waals surface area contributed by atoms with Crippen LogP contribution in [0.2, 0.25) is 0 Å². The van der Waals surface area contributed by atoms with Crippen LogP contribution < -0.4 is 43.9 Å². The molecular formula is C30H20F2NaO6PS2. The predicted molar refractivity (Wildman–Crippen MR) is 153 cm³/mol. The number of phosphoric acid groups is 1. The Hall–Kier alpha value is -2.69. The second-order valence-corrected chi connectivity index (χ2v) is 12.2. The normalized spacial score (nSPS) is 13.4. The molecule has 12 heteroatoms. The van der Waals surface area contributed by atoms with Gasteiger partial charge in [-0.15, -0.1) is 0 Å². The fraction of sp³-hybridized carbons (Fsp3) is 0.0667. The van der Waals surface area contributed by atoms with Crippen molar-refractivity contribution in [2.45, 2.75) is 19.6 Å². The van der Waals surface area contributed by atoms with E-state index in [-0.39, 0.29) is 52.2 Å². The van der Waals surface area contributed by atoms with Crippen LogP contribution in [0.25, 0.3) is 23.7 Å². The summed E-state index contributed by atoms with van der Waals surface area (Å²) >= 11 is 2.45. The summed E-state index contributed by atoms with van der Waals surface area (Å²) in [6.45, 7) is 0. The Labute approximate surface area is 271 Å². The maximum atomic E-state index is 14.9. The summed E-state index contributed by atoms with van der Waals surface area (Å²) in [6.07, 6.45) is 2.64. The van der Waals surface area contributed by atoms with Gasteiger partial charge < -0.3 is 23.4 Å². The molecule has 2 aliphatic heterocycles. The summed E-state index contributed by atoms with van der Waals surface area (Å²) in [6, 6.07) is 19.2. The van der Waals surface area contributed by atoms with Crippen molar-refractivity contribution in [2.75, 3.05) is 14.2 Å². The first kappa shape index (κ1) is 30.8. The molecule has 0 saturated heterocycles. The number of benzene rings is 4. The number of fused-ring (bicyclic) bond motifs is 4. The molecule has 0 amide bonds. The van der Waals surface area contributed by atoms with Crippen molar-refractivity contribution in [1.82, 2.24) is 0 Å². The first-order valence-electron chi connectivity index (χ1n) is 12.2. The van der Waals surface area contributed by atoms with E-state index >= 15 is 0 Å². The van der Waals surface area contributed by atoms with Crippen LogP contribution in [-0.2, 0) is 13.6 Å². The standard InChI is InChI=1S/C30H21F2O6PS2.Na/c1-35-23-11-3-7-17-25(15-19-21(31)9-5-13-27(19)40-29(17)23)37-39(33,34)38-26-16-20-22(32)10-6-14-28(20)41-30-18(26)8-4-12-24(30)36-2;/h3-16H,1-2H3,(H,33,34);/q;+1/p-1. The van der Waals surface area contributed by atoms with Gasteiger partial charge in [-0.05, 0) is 60.7 Å². The number of rotatable bonds is 6. The minimum absolute atomic E-state index is 0. The third-order valence-electron chi connectivity index (χ3n) is 6.35. The van der Waals surface area contributed by atoms with Gasteiger partial charge in [0.25, 0.3) is 0 Å².